The van der Waals surface area contributed by atoms with Crippen LogP contribution in [0.5, 0.6) is 0 Å². The molecule has 7 heteroatoms. The molecule has 1 aliphatic rings. The fraction of sp³-hybridized carbons (Fsp3) is 0.350. The van der Waals surface area contributed by atoms with E-state index in [1.165, 1.54) is 11.3 Å². The number of amides is 1. The van der Waals surface area contributed by atoms with Crippen LogP contribution in [-0.4, -0.2) is 15.9 Å². The highest BCUT2D eigenvalue weighted by Gasteiger charge is 2.20. The summed E-state index contributed by atoms with van der Waals surface area (Å²) in [4.78, 5) is 22.4. The van der Waals surface area contributed by atoms with E-state index < -0.39 is 0 Å². The van der Waals surface area contributed by atoms with Crippen LogP contribution in [-0.2, 0) is 24.1 Å². The molecule has 0 unspecified atom stereocenters. The molecule has 140 valence electrons. The number of aromatic nitrogens is 2. The number of hydrogen-bond acceptors (Lipinski definition) is 5. The molecule has 1 N–H and O–H groups in total. The summed E-state index contributed by atoms with van der Waals surface area (Å²) in [6, 6.07) is 7.45. The summed E-state index contributed by atoms with van der Waals surface area (Å²) in [6.45, 7) is 2.26. The third-order valence-corrected chi connectivity index (χ3v) is 6.06. The molecular formula is C20H20ClN3O2S. The minimum absolute atomic E-state index is 0.0772. The van der Waals surface area contributed by atoms with E-state index in [2.05, 4.69) is 22.2 Å². The van der Waals surface area contributed by atoms with Crippen molar-refractivity contribution in [1.82, 2.24) is 9.97 Å². The summed E-state index contributed by atoms with van der Waals surface area (Å²) in [5, 5.41) is 4.22. The van der Waals surface area contributed by atoms with Crippen molar-refractivity contribution in [1.29, 1.82) is 0 Å². The Labute approximate surface area is 166 Å². The summed E-state index contributed by atoms with van der Waals surface area (Å²) < 4.78 is 5.74. The van der Waals surface area contributed by atoms with Gasteiger partial charge in [-0.05, 0) is 37.3 Å². The molecule has 2 aromatic heterocycles. The van der Waals surface area contributed by atoms with E-state index in [-0.39, 0.29) is 5.91 Å². The minimum Gasteiger partial charge on any atom is -0.441 e. The number of nitrogens with zero attached hydrogens (tertiary/aromatic N) is 2. The normalized spacial score (nSPS) is 16.1. The monoisotopic (exact) mass is 401 g/mol. The topological polar surface area (TPSA) is 68.0 Å². The van der Waals surface area contributed by atoms with Gasteiger partial charge < -0.3 is 9.73 Å². The predicted octanol–water partition coefficient (Wildman–Crippen LogP) is 5.15. The van der Waals surface area contributed by atoms with Crippen molar-refractivity contribution in [2.45, 2.75) is 39.0 Å². The number of hydrogen-bond donors (Lipinski definition) is 1. The molecule has 0 aliphatic heterocycles. The van der Waals surface area contributed by atoms with Gasteiger partial charge in [-0.3, -0.25) is 4.79 Å². The molecule has 1 aromatic carbocycles. The van der Waals surface area contributed by atoms with Gasteiger partial charge in [0.2, 0.25) is 5.91 Å². The number of rotatable bonds is 5. The maximum Gasteiger partial charge on any atom is 0.226 e. The molecule has 1 atom stereocenters. The van der Waals surface area contributed by atoms with Gasteiger partial charge in [-0.2, -0.15) is 0 Å². The van der Waals surface area contributed by atoms with Gasteiger partial charge in [-0.1, -0.05) is 30.7 Å². The van der Waals surface area contributed by atoms with Gasteiger partial charge in [0, 0.05) is 23.3 Å². The number of benzene rings is 1. The van der Waals surface area contributed by atoms with Crippen LogP contribution in [0.2, 0.25) is 5.02 Å². The summed E-state index contributed by atoms with van der Waals surface area (Å²) in [5.41, 5.74) is 1.94. The smallest absolute Gasteiger partial charge is 0.226 e. The van der Waals surface area contributed by atoms with E-state index in [4.69, 9.17) is 16.0 Å². The number of carbonyl (C=O) groups is 1. The fourth-order valence-corrected chi connectivity index (χ4v) is 4.62. The number of nitrogens with one attached hydrogen (secondary N) is 1. The molecule has 4 rings (SSSR count). The lowest BCUT2D eigenvalue weighted by molar-refractivity contribution is -0.116. The molecule has 0 saturated carbocycles. The summed E-state index contributed by atoms with van der Waals surface area (Å²) >= 11 is 7.78. The fourth-order valence-electron chi connectivity index (χ4n) is 3.21. The Bertz CT molecular complexity index is 966. The van der Waals surface area contributed by atoms with Crippen LogP contribution in [0.25, 0.3) is 11.3 Å². The van der Waals surface area contributed by atoms with E-state index in [1.807, 2.05) is 18.2 Å². The quantitative estimate of drug-likeness (QED) is 0.642. The zero-order valence-corrected chi connectivity index (χ0v) is 16.6. The first kappa shape index (κ1) is 18.2. The first-order valence-corrected chi connectivity index (χ1v) is 10.3. The number of anilines is 1. The van der Waals surface area contributed by atoms with Crippen molar-refractivity contribution in [2.75, 3.05) is 5.32 Å². The molecule has 27 heavy (non-hydrogen) atoms. The molecule has 3 aromatic rings. The molecule has 1 amide bonds. The van der Waals surface area contributed by atoms with Crippen molar-refractivity contribution in [3.05, 3.63) is 51.9 Å². The standard InChI is InChI=1S/C20H20ClN3O2S/c1-12-6-7-15-17(10-12)27-20(23-15)24-18(25)8-9-19-22-11-16(26-19)13-4-2-3-5-14(13)21/h2-5,11-12H,6-10H2,1H3,(H,23,24,25)/t12-/m0/s1. The van der Waals surface area contributed by atoms with E-state index in [0.29, 0.717) is 40.6 Å². The van der Waals surface area contributed by atoms with Gasteiger partial charge in [0.25, 0.3) is 0 Å². The molecule has 0 saturated heterocycles. The highest BCUT2D eigenvalue weighted by Crippen LogP contribution is 2.32. The van der Waals surface area contributed by atoms with Crippen LogP contribution in [0, 0.1) is 5.92 Å². The van der Waals surface area contributed by atoms with Gasteiger partial charge in [0.05, 0.1) is 16.9 Å². The van der Waals surface area contributed by atoms with Gasteiger partial charge >= 0.3 is 0 Å². The first-order chi connectivity index (χ1) is 13.1. The van der Waals surface area contributed by atoms with Crippen LogP contribution in [0.4, 0.5) is 5.13 Å². The van der Waals surface area contributed by atoms with Crippen molar-refractivity contribution in [3.63, 3.8) is 0 Å². The average Bonchev–Trinajstić information content (AvgIpc) is 3.26. The summed E-state index contributed by atoms with van der Waals surface area (Å²) in [6.07, 6.45) is 5.60. The zero-order chi connectivity index (χ0) is 18.8. The van der Waals surface area contributed by atoms with Crippen LogP contribution in [0.3, 0.4) is 0 Å². The molecule has 2 heterocycles. The van der Waals surface area contributed by atoms with Gasteiger partial charge in [0.1, 0.15) is 0 Å². The lowest BCUT2D eigenvalue weighted by Crippen LogP contribution is -2.12. The molecule has 1 aliphatic carbocycles. The van der Waals surface area contributed by atoms with Gasteiger partial charge in [-0.15, -0.1) is 11.3 Å². The lowest BCUT2D eigenvalue weighted by atomic mass is 9.93. The number of carbonyl (C=O) groups excluding carboxylic acids is 1. The number of aryl methyl sites for hydroxylation is 2. The molecule has 0 bridgehead atoms. The van der Waals surface area contributed by atoms with E-state index in [0.717, 1.165) is 24.1 Å². The SMILES string of the molecule is C[C@H]1CCc2nc(NC(=O)CCc3ncc(-c4ccccc4Cl)o3)sc2C1. The van der Waals surface area contributed by atoms with Gasteiger partial charge in [-0.25, -0.2) is 9.97 Å². The van der Waals surface area contributed by atoms with Crippen LogP contribution in [0.15, 0.2) is 34.9 Å². The molecule has 5 nitrogen and oxygen atoms in total. The molecule has 0 spiro atoms. The number of halogens is 1. The Morgan fingerprint density at radius 2 is 2.26 bits per heavy atom. The van der Waals surface area contributed by atoms with E-state index in [9.17, 15) is 4.79 Å². The molecule has 0 radical (unpaired) electrons. The predicted molar refractivity (Wildman–Crippen MR) is 107 cm³/mol. The van der Waals surface area contributed by atoms with Gasteiger partial charge in [0.15, 0.2) is 16.8 Å². The largest absolute Gasteiger partial charge is 0.441 e. The first-order valence-electron chi connectivity index (χ1n) is 9.06. The van der Waals surface area contributed by atoms with Crippen molar-refractivity contribution < 1.29 is 9.21 Å². The van der Waals surface area contributed by atoms with E-state index >= 15 is 0 Å². The second-order valence-electron chi connectivity index (χ2n) is 6.88. The third-order valence-electron chi connectivity index (χ3n) is 4.69. The Hall–Kier alpha value is -2.18. The molecular weight excluding hydrogens is 382 g/mol. The second kappa shape index (κ2) is 7.82. The Morgan fingerprint density at radius 1 is 1.41 bits per heavy atom. The van der Waals surface area contributed by atoms with Crippen LogP contribution < -0.4 is 5.32 Å². The minimum atomic E-state index is -0.0772. The highest BCUT2D eigenvalue weighted by molar-refractivity contribution is 7.15. The Balaban J connectivity index is 1.34. The highest BCUT2D eigenvalue weighted by atomic mass is 35.5. The summed E-state index contributed by atoms with van der Waals surface area (Å²) in [5.74, 6) is 1.75. The third kappa shape index (κ3) is 4.22. The lowest BCUT2D eigenvalue weighted by Gasteiger charge is -2.15. The van der Waals surface area contributed by atoms with Crippen LogP contribution in [0.1, 0.15) is 36.2 Å². The Kier molecular flexibility index (Phi) is 5.27. The number of thiazole rings is 1. The van der Waals surface area contributed by atoms with E-state index in [1.54, 1.807) is 23.6 Å². The maximum atomic E-state index is 12.3. The van der Waals surface area contributed by atoms with Crippen molar-refractivity contribution in [3.8, 4) is 11.3 Å². The zero-order valence-electron chi connectivity index (χ0n) is 15.0. The number of oxazole rings is 1. The number of fused-ring (bicyclic) bond motifs is 1. The second-order valence-corrected chi connectivity index (χ2v) is 8.37. The molecule has 0 fully saturated rings. The Morgan fingerprint density at radius 3 is 3.11 bits per heavy atom. The average molecular weight is 402 g/mol. The van der Waals surface area contributed by atoms with Crippen molar-refractivity contribution >= 4 is 34.0 Å². The van der Waals surface area contributed by atoms with Crippen LogP contribution >= 0.6 is 22.9 Å². The summed E-state index contributed by atoms with van der Waals surface area (Å²) in [7, 11) is 0. The van der Waals surface area contributed by atoms with Crippen molar-refractivity contribution in [2.24, 2.45) is 5.92 Å². The maximum absolute atomic E-state index is 12.3.